The van der Waals surface area contributed by atoms with Crippen molar-refractivity contribution in [3.05, 3.63) is 27.9 Å². The molecule has 1 saturated heterocycles. The lowest BCUT2D eigenvalue weighted by Crippen LogP contribution is -2.44. The van der Waals surface area contributed by atoms with E-state index >= 15 is 0 Å². The third-order valence-electron chi connectivity index (χ3n) is 3.84. The summed E-state index contributed by atoms with van der Waals surface area (Å²) < 4.78 is 0. The summed E-state index contributed by atoms with van der Waals surface area (Å²) in [6, 6.07) is 3.66. The highest BCUT2D eigenvalue weighted by Crippen LogP contribution is 2.27. The Morgan fingerprint density at radius 3 is 2.90 bits per heavy atom. The number of rotatable bonds is 6. The molecule has 2 heterocycles. The number of aryl methyl sites for hydroxylation is 1. The summed E-state index contributed by atoms with van der Waals surface area (Å²) in [7, 11) is 0. The average Bonchev–Trinajstić information content (AvgIpc) is 2.47. The van der Waals surface area contributed by atoms with Gasteiger partial charge in [0.2, 0.25) is 5.82 Å². The normalized spacial score (nSPS) is 18.5. The van der Waals surface area contributed by atoms with Gasteiger partial charge in [-0.2, -0.15) is 0 Å². The molecule has 6 heteroatoms. The van der Waals surface area contributed by atoms with Gasteiger partial charge in [0, 0.05) is 30.9 Å². The van der Waals surface area contributed by atoms with E-state index in [1.54, 1.807) is 12.1 Å². The molecule has 116 valence electrons. The molecular weight excluding hydrogens is 268 g/mol. The summed E-state index contributed by atoms with van der Waals surface area (Å²) in [4.78, 5) is 17.4. The smallest absolute Gasteiger partial charge is 0.311 e. The third-order valence-corrected chi connectivity index (χ3v) is 3.84. The van der Waals surface area contributed by atoms with Gasteiger partial charge < -0.3 is 10.2 Å². The molecule has 21 heavy (non-hydrogen) atoms. The molecule has 0 amide bonds. The van der Waals surface area contributed by atoms with Crippen molar-refractivity contribution in [2.75, 3.05) is 24.5 Å². The molecule has 1 aromatic rings. The molecule has 1 aromatic heterocycles. The van der Waals surface area contributed by atoms with Crippen LogP contribution in [0.2, 0.25) is 0 Å². The van der Waals surface area contributed by atoms with Crippen molar-refractivity contribution in [2.45, 2.75) is 45.6 Å². The van der Waals surface area contributed by atoms with E-state index < -0.39 is 0 Å². The maximum Gasteiger partial charge on any atom is 0.311 e. The molecule has 1 atom stereocenters. The number of hydrogen-bond acceptors (Lipinski definition) is 5. The van der Waals surface area contributed by atoms with Gasteiger partial charge in [-0.25, -0.2) is 4.98 Å². The van der Waals surface area contributed by atoms with Gasteiger partial charge in [0.05, 0.1) is 4.92 Å². The SMILES string of the molecule is CCCN(CC1CCCCN1)c1nc(C)ccc1[N+](=O)[O-]. The van der Waals surface area contributed by atoms with Crippen molar-refractivity contribution in [3.63, 3.8) is 0 Å². The van der Waals surface area contributed by atoms with Crippen molar-refractivity contribution < 1.29 is 4.92 Å². The Morgan fingerprint density at radius 2 is 2.29 bits per heavy atom. The summed E-state index contributed by atoms with van der Waals surface area (Å²) in [6.45, 7) is 6.56. The van der Waals surface area contributed by atoms with Crippen LogP contribution in [0.25, 0.3) is 0 Å². The van der Waals surface area contributed by atoms with Crippen LogP contribution in [0.1, 0.15) is 38.3 Å². The van der Waals surface area contributed by atoms with Crippen LogP contribution in [0.15, 0.2) is 12.1 Å². The predicted octanol–water partition coefficient (Wildman–Crippen LogP) is 2.66. The summed E-state index contributed by atoms with van der Waals surface area (Å²) >= 11 is 0. The first-order chi connectivity index (χ1) is 10.1. The van der Waals surface area contributed by atoms with E-state index in [0.717, 1.165) is 38.2 Å². The summed E-state index contributed by atoms with van der Waals surface area (Å²) in [5.74, 6) is 0.509. The largest absolute Gasteiger partial charge is 0.349 e. The highest BCUT2D eigenvalue weighted by Gasteiger charge is 2.24. The Morgan fingerprint density at radius 1 is 1.48 bits per heavy atom. The maximum absolute atomic E-state index is 11.3. The monoisotopic (exact) mass is 292 g/mol. The van der Waals surface area contributed by atoms with Crippen LogP contribution in [0.4, 0.5) is 11.5 Å². The molecular formula is C15H24N4O2. The Balaban J connectivity index is 2.23. The lowest BCUT2D eigenvalue weighted by molar-refractivity contribution is -0.384. The first-order valence-electron chi connectivity index (χ1n) is 7.72. The molecule has 0 aromatic carbocycles. The molecule has 0 bridgehead atoms. The number of nitro groups is 1. The molecule has 0 spiro atoms. The van der Waals surface area contributed by atoms with Crippen LogP contribution in [-0.4, -0.2) is 35.6 Å². The predicted molar refractivity (Wildman–Crippen MR) is 83.8 cm³/mol. The van der Waals surface area contributed by atoms with Gasteiger partial charge in [-0.1, -0.05) is 13.3 Å². The fourth-order valence-electron chi connectivity index (χ4n) is 2.81. The fraction of sp³-hybridized carbons (Fsp3) is 0.667. The zero-order valence-electron chi connectivity index (χ0n) is 12.8. The Kier molecular flexibility index (Phi) is 5.50. The van der Waals surface area contributed by atoms with Crippen molar-refractivity contribution in [1.29, 1.82) is 0 Å². The zero-order chi connectivity index (χ0) is 15.2. The van der Waals surface area contributed by atoms with Gasteiger partial charge in [0.25, 0.3) is 0 Å². The molecule has 0 radical (unpaired) electrons. The number of aromatic nitrogens is 1. The lowest BCUT2D eigenvalue weighted by Gasteiger charge is -2.31. The minimum absolute atomic E-state index is 0.102. The van der Waals surface area contributed by atoms with E-state index in [2.05, 4.69) is 22.1 Å². The van der Waals surface area contributed by atoms with Crippen LogP contribution in [0.5, 0.6) is 0 Å². The first-order valence-corrected chi connectivity index (χ1v) is 7.72. The number of hydrogen-bond donors (Lipinski definition) is 1. The van der Waals surface area contributed by atoms with Crippen molar-refractivity contribution in [3.8, 4) is 0 Å². The average molecular weight is 292 g/mol. The van der Waals surface area contributed by atoms with Crippen molar-refractivity contribution >= 4 is 11.5 Å². The van der Waals surface area contributed by atoms with Gasteiger partial charge >= 0.3 is 5.69 Å². The van der Waals surface area contributed by atoms with Gasteiger partial charge in [-0.05, 0) is 38.8 Å². The molecule has 0 saturated carbocycles. The van der Waals surface area contributed by atoms with Crippen molar-refractivity contribution in [1.82, 2.24) is 10.3 Å². The summed E-state index contributed by atoms with van der Waals surface area (Å²) in [6.07, 6.45) is 4.51. The molecule has 2 rings (SSSR count). The fourth-order valence-corrected chi connectivity index (χ4v) is 2.81. The first kappa shape index (κ1) is 15.7. The standard InChI is InChI=1S/C15H24N4O2/c1-3-10-18(11-13-6-4-5-9-16-13)15-14(19(20)21)8-7-12(2)17-15/h7-8,13,16H,3-6,9-11H2,1-2H3. The Hall–Kier alpha value is -1.69. The van der Waals surface area contributed by atoms with Crippen molar-refractivity contribution in [2.24, 2.45) is 0 Å². The second kappa shape index (κ2) is 7.36. The van der Waals surface area contributed by atoms with E-state index in [-0.39, 0.29) is 10.6 Å². The highest BCUT2D eigenvalue weighted by molar-refractivity contribution is 5.58. The number of anilines is 1. The number of pyridine rings is 1. The lowest BCUT2D eigenvalue weighted by atomic mass is 10.0. The maximum atomic E-state index is 11.3. The van der Waals surface area contributed by atoms with Gasteiger partial charge in [-0.3, -0.25) is 10.1 Å². The van der Waals surface area contributed by atoms with Gasteiger partial charge in [0.15, 0.2) is 0 Å². The van der Waals surface area contributed by atoms with E-state index in [9.17, 15) is 10.1 Å². The van der Waals surface area contributed by atoms with Crippen LogP contribution in [-0.2, 0) is 0 Å². The quantitative estimate of drug-likeness (QED) is 0.644. The van der Waals surface area contributed by atoms with Crippen LogP contribution in [0.3, 0.4) is 0 Å². The van der Waals surface area contributed by atoms with Gasteiger partial charge in [-0.15, -0.1) is 0 Å². The molecule has 1 aliphatic rings. The van der Waals surface area contributed by atoms with Crippen LogP contribution in [0, 0.1) is 17.0 Å². The molecule has 1 unspecified atom stereocenters. The second-order valence-corrected chi connectivity index (χ2v) is 5.65. The number of piperidine rings is 1. The molecule has 1 aliphatic heterocycles. The zero-order valence-corrected chi connectivity index (χ0v) is 12.8. The topological polar surface area (TPSA) is 71.3 Å². The molecule has 1 fully saturated rings. The minimum Gasteiger partial charge on any atom is -0.349 e. The van der Waals surface area contributed by atoms with E-state index in [1.807, 2.05) is 6.92 Å². The Labute approximate surface area is 125 Å². The van der Waals surface area contributed by atoms with E-state index in [4.69, 9.17) is 0 Å². The van der Waals surface area contributed by atoms with Crippen LogP contribution >= 0.6 is 0 Å². The highest BCUT2D eigenvalue weighted by atomic mass is 16.6. The van der Waals surface area contributed by atoms with Crippen LogP contribution < -0.4 is 10.2 Å². The molecule has 6 nitrogen and oxygen atoms in total. The van der Waals surface area contributed by atoms with E-state index in [1.165, 1.54) is 12.8 Å². The van der Waals surface area contributed by atoms with E-state index in [0.29, 0.717) is 11.9 Å². The number of nitrogens with one attached hydrogen (secondary N) is 1. The molecule has 0 aliphatic carbocycles. The number of nitrogens with zero attached hydrogens (tertiary/aromatic N) is 3. The van der Waals surface area contributed by atoms with Gasteiger partial charge in [0.1, 0.15) is 0 Å². The minimum atomic E-state index is -0.335. The summed E-state index contributed by atoms with van der Waals surface area (Å²) in [5, 5.41) is 14.8. The third kappa shape index (κ3) is 4.14. The second-order valence-electron chi connectivity index (χ2n) is 5.65. The molecule has 1 N–H and O–H groups in total. The summed E-state index contributed by atoms with van der Waals surface area (Å²) in [5.41, 5.74) is 0.915. The Bertz CT molecular complexity index is 487.